The number of nitrogens with zero attached hydrogens (tertiary/aromatic N) is 3. The molecule has 0 atom stereocenters. The van der Waals surface area contributed by atoms with Crippen molar-refractivity contribution in [3.8, 4) is 0 Å². The number of aromatic nitrogens is 3. The molecule has 0 radical (unpaired) electrons. The molecule has 94 valence electrons. The van der Waals surface area contributed by atoms with E-state index in [9.17, 15) is 4.39 Å². The second-order valence-electron chi connectivity index (χ2n) is 3.54. The largest absolute Gasteiger partial charge is 0.368 e. The number of hydrogen-bond acceptors (Lipinski definition) is 5. The van der Waals surface area contributed by atoms with E-state index in [2.05, 4.69) is 20.3 Å². The monoisotopic (exact) mass is 267 g/mol. The van der Waals surface area contributed by atoms with E-state index in [1.165, 1.54) is 18.2 Å². The molecule has 1 heterocycles. The summed E-state index contributed by atoms with van der Waals surface area (Å²) in [5.74, 6) is 0.546. The van der Waals surface area contributed by atoms with E-state index in [4.69, 9.17) is 17.3 Å². The zero-order chi connectivity index (χ0) is 13.1. The summed E-state index contributed by atoms with van der Waals surface area (Å²) in [4.78, 5) is 12.0. The van der Waals surface area contributed by atoms with E-state index in [0.29, 0.717) is 23.9 Å². The molecule has 7 heteroatoms. The third-order valence-corrected chi connectivity index (χ3v) is 2.48. The molecule has 0 bridgehead atoms. The number of anilines is 3. The lowest BCUT2D eigenvalue weighted by molar-refractivity contribution is 0.628. The van der Waals surface area contributed by atoms with Crippen LogP contribution in [0.4, 0.5) is 22.0 Å². The minimum absolute atomic E-state index is 0.0257. The normalized spacial score (nSPS) is 10.4. The van der Waals surface area contributed by atoms with Gasteiger partial charge in [-0.15, -0.1) is 0 Å². The molecule has 1 aromatic carbocycles. The maximum absolute atomic E-state index is 13.0. The molecule has 0 amide bonds. The van der Waals surface area contributed by atoms with Crippen LogP contribution in [0.3, 0.4) is 0 Å². The van der Waals surface area contributed by atoms with Gasteiger partial charge in [-0.05, 0) is 18.2 Å². The lowest BCUT2D eigenvalue weighted by atomic mass is 10.3. The summed E-state index contributed by atoms with van der Waals surface area (Å²) < 4.78 is 13.0. The van der Waals surface area contributed by atoms with E-state index in [-0.39, 0.29) is 11.0 Å². The molecule has 5 nitrogen and oxygen atoms in total. The van der Waals surface area contributed by atoms with Crippen LogP contribution in [0.1, 0.15) is 12.7 Å². The Hall–Kier alpha value is -1.95. The summed E-state index contributed by atoms with van der Waals surface area (Å²) in [6.45, 7) is 1.91. The summed E-state index contributed by atoms with van der Waals surface area (Å²) in [5, 5.41) is 2.92. The van der Waals surface area contributed by atoms with Crippen molar-refractivity contribution >= 4 is 29.2 Å². The van der Waals surface area contributed by atoms with Crippen LogP contribution in [0, 0.1) is 5.82 Å². The highest BCUT2D eigenvalue weighted by Gasteiger charge is 2.05. The van der Waals surface area contributed by atoms with Crippen LogP contribution < -0.4 is 11.1 Å². The number of nitrogen functional groups attached to an aromatic ring is 1. The molecule has 2 rings (SSSR count). The number of hydrogen-bond donors (Lipinski definition) is 2. The Balaban J connectivity index is 2.27. The van der Waals surface area contributed by atoms with Gasteiger partial charge in [0.1, 0.15) is 11.6 Å². The van der Waals surface area contributed by atoms with Crippen molar-refractivity contribution in [3.05, 3.63) is 34.9 Å². The van der Waals surface area contributed by atoms with Crippen molar-refractivity contribution in [2.75, 3.05) is 11.1 Å². The summed E-state index contributed by atoms with van der Waals surface area (Å²) >= 11 is 5.68. The molecule has 0 saturated carbocycles. The first-order chi connectivity index (χ1) is 8.58. The average molecular weight is 268 g/mol. The van der Waals surface area contributed by atoms with E-state index in [1.807, 2.05) is 6.92 Å². The van der Waals surface area contributed by atoms with Crippen molar-refractivity contribution in [2.24, 2.45) is 0 Å². The third kappa shape index (κ3) is 2.84. The zero-order valence-electron chi connectivity index (χ0n) is 9.61. The smallest absolute Gasteiger partial charge is 0.232 e. The number of benzene rings is 1. The first kappa shape index (κ1) is 12.5. The Morgan fingerprint density at radius 1 is 1.33 bits per heavy atom. The van der Waals surface area contributed by atoms with Crippen LogP contribution in [-0.4, -0.2) is 15.0 Å². The van der Waals surface area contributed by atoms with Gasteiger partial charge in [0.2, 0.25) is 11.9 Å². The first-order valence-corrected chi connectivity index (χ1v) is 5.68. The summed E-state index contributed by atoms with van der Waals surface area (Å²) in [7, 11) is 0. The summed E-state index contributed by atoms with van der Waals surface area (Å²) in [6.07, 6.45) is 0.644. The number of rotatable bonds is 3. The molecule has 0 aliphatic heterocycles. The van der Waals surface area contributed by atoms with E-state index in [1.54, 1.807) is 0 Å². The van der Waals surface area contributed by atoms with Crippen molar-refractivity contribution in [3.63, 3.8) is 0 Å². The van der Waals surface area contributed by atoms with E-state index >= 15 is 0 Å². The van der Waals surface area contributed by atoms with Gasteiger partial charge in [-0.3, -0.25) is 0 Å². The molecular formula is C11H11ClFN5. The van der Waals surface area contributed by atoms with Crippen LogP contribution >= 0.6 is 11.6 Å². The average Bonchev–Trinajstić information content (AvgIpc) is 2.33. The fraction of sp³-hybridized carbons (Fsp3) is 0.182. The molecule has 2 aromatic rings. The van der Waals surface area contributed by atoms with Crippen LogP contribution in [0.5, 0.6) is 0 Å². The molecular weight excluding hydrogens is 257 g/mol. The van der Waals surface area contributed by atoms with Gasteiger partial charge in [0.25, 0.3) is 0 Å². The lowest BCUT2D eigenvalue weighted by Gasteiger charge is -2.07. The van der Waals surface area contributed by atoms with E-state index < -0.39 is 5.82 Å². The maximum atomic E-state index is 13.0. The Kier molecular flexibility index (Phi) is 3.57. The van der Waals surface area contributed by atoms with Crippen molar-refractivity contribution < 1.29 is 4.39 Å². The molecule has 0 spiro atoms. The van der Waals surface area contributed by atoms with Gasteiger partial charge in [-0.1, -0.05) is 18.5 Å². The van der Waals surface area contributed by atoms with Gasteiger partial charge >= 0.3 is 0 Å². The van der Waals surface area contributed by atoms with Crippen molar-refractivity contribution in [1.29, 1.82) is 0 Å². The third-order valence-electron chi connectivity index (χ3n) is 2.19. The molecule has 0 saturated heterocycles. The van der Waals surface area contributed by atoms with Gasteiger partial charge < -0.3 is 11.1 Å². The Morgan fingerprint density at radius 3 is 2.78 bits per heavy atom. The topological polar surface area (TPSA) is 76.7 Å². The highest BCUT2D eigenvalue weighted by molar-refractivity contribution is 6.31. The van der Waals surface area contributed by atoms with E-state index in [0.717, 1.165) is 0 Å². The molecule has 0 aliphatic carbocycles. The van der Waals surface area contributed by atoms with Crippen LogP contribution in [0.25, 0.3) is 0 Å². The maximum Gasteiger partial charge on any atom is 0.232 e. The van der Waals surface area contributed by atoms with Gasteiger partial charge in [-0.25, -0.2) is 4.39 Å². The number of aryl methyl sites for hydroxylation is 1. The summed E-state index contributed by atoms with van der Waals surface area (Å²) in [6, 6.07) is 4.24. The molecule has 0 fully saturated rings. The Bertz CT molecular complexity index is 575. The second-order valence-corrected chi connectivity index (χ2v) is 3.95. The van der Waals surface area contributed by atoms with Crippen LogP contribution in [-0.2, 0) is 6.42 Å². The van der Waals surface area contributed by atoms with Gasteiger partial charge in [0.05, 0.1) is 5.02 Å². The van der Waals surface area contributed by atoms with Gasteiger partial charge in [-0.2, -0.15) is 15.0 Å². The Labute approximate surface area is 108 Å². The molecule has 0 unspecified atom stereocenters. The fourth-order valence-corrected chi connectivity index (χ4v) is 1.54. The first-order valence-electron chi connectivity index (χ1n) is 5.31. The predicted molar refractivity (Wildman–Crippen MR) is 68.3 cm³/mol. The SMILES string of the molecule is CCc1nc(N)nc(Nc2ccc(F)c(Cl)c2)n1. The molecule has 3 N–H and O–H groups in total. The lowest BCUT2D eigenvalue weighted by Crippen LogP contribution is -2.06. The molecule has 18 heavy (non-hydrogen) atoms. The van der Waals surface area contributed by atoms with Gasteiger partial charge in [0, 0.05) is 12.1 Å². The van der Waals surface area contributed by atoms with Crippen molar-refractivity contribution in [1.82, 2.24) is 15.0 Å². The quantitative estimate of drug-likeness (QED) is 0.894. The summed E-state index contributed by atoms with van der Waals surface area (Å²) in [5.41, 5.74) is 6.13. The molecule has 1 aromatic heterocycles. The highest BCUT2D eigenvalue weighted by Crippen LogP contribution is 2.21. The highest BCUT2D eigenvalue weighted by atomic mass is 35.5. The zero-order valence-corrected chi connectivity index (χ0v) is 10.4. The fourth-order valence-electron chi connectivity index (χ4n) is 1.35. The number of nitrogens with two attached hydrogens (primary N) is 1. The van der Waals surface area contributed by atoms with Crippen LogP contribution in [0.15, 0.2) is 18.2 Å². The second kappa shape index (κ2) is 5.14. The number of nitrogens with one attached hydrogen (secondary N) is 1. The number of halogens is 2. The van der Waals surface area contributed by atoms with Crippen LogP contribution in [0.2, 0.25) is 5.02 Å². The Morgan fingerprint density at radius 2 is 2.11 bits per heavy atom. The van der Waals surface area contributed by atoms with Gasteiger partial charge in [0.15, 0.2) is 0 Å². The minimum atomic E-state index is -0.480. The standard InChI is InChI=1S/C11H11ClFN5/c1-2-9-16-10(14)18-11(17-9)15-6-3-4-8(13)7(12)5-6/h3-5H,2H2,1H3,(H3,14,15,16,17,18). The predicted octanol–water partition coefficient (Wildman–Crippen LogP) is 2.55. The van der Waals surface area contributed by atoms with Crippen molar-refractivity contribution in [2.45, 2.75) is 13.3 Å². The minimum Gasteiger partial charge on any atom is -0.368 e. The molecule has 0 aliphatic rings.